The number of nitro groups is 1. The minimum Gasteiger partial charge on any atom is -0.867 e. The highest BCUT2D eigenvalue weighted by Gasteiger charge is 2.12. The van der Waals surface area contributed by atoms with Crippen LogP contribution in [0, 0.1) is 10.1 Å². The lowest BCUT2D eigenvalue weighted by atomic mass is 10.2. The lowest BCUT2D eigenvalue weighted by Gasteiger charge is -2.08. The number of aromatic amines is 1. The summed E-state index contributed by atoms with van der Waals surface area (Å²) in [5.74, 6) is -2.53. The van der Waals surface area contributed by atoms with Crippen LogP contribution < -0.4 is 15.8 Å². The first-order chi connectivity index (χ1) is 9.43. The minimum atomic E-state index is -1.46. The first-order valence-corrected chi connectivity index (χ1v) is 5.32. The van der Waals surface area contributed by atoms with Crippen molar-refractivity contribution in [3.63, 3.8) is 0 Å². The van der Waals surface area contributed by atoms with E-state index < -0.39 is 27.9 Å². The third kappa shape index (κ3) is 3.95. The molecule has 2 aromatic rings. The number of nitrogen functional groups attached to an aromatic ring is 1. The maximum absolute atomic E-state index is 11.0. The highest BCUT2D eigenvalue weighted by molar-refractivity contribution is 5.92. The zero-order chi connectivity index (χ0) is 15.1. The molecule has 2 rings (SSSR count). The predicted octanol–water partition coefficient (Wildman–Crippen LogP) is 0.449. The molecule has 0 atom stereocenters. The molecule has 0 saturated carbocycles. The fourth-order valence-corrected chi connectivity index (χ4v) is 1.24. The number of para-hydroxylation sites is 1. The van der Waals surface area contributed by atoms with Gasteiger partial charge in [-0.15, -0.1) is 0 Å². The molecule has 8 nitrogen and oxygen atoms in total. The number of benzene rings is 1. The summed E-state index contributed by atoms with van der Waals surface area (Å²) >= 11 is 0. The van der Waals surface area contributed by atoms with Crippen molar-refractivity contribution < 1.29 is 24.9 Å². The Labute approximate surface area is 113 Å². The number of hydrogen-bond acceptors (Lipinski definition) is 5. The lowest BCUT2D eigenvalue weighted by Crippen LogP contribution is -2.06. The largest absolute Gasteiger partial charge is 0.867 e. The maximum Gasteiger partial charge on any atom is 0.335 e. The van der Waals surface area contributed by atoms with Gasteiger partial charge < -0.3 is 15.9 Å². The summed E-state index contributed by atoms with van der Waals surface area (Å²) in [4.78, 5) is 22.5. The van der Waals surface area contributed by atoms with Gasteiger partial charge in [0.05, 0.1) is 10.5 Å². The number of pyridine rings is 1. The van der Waals surface area contributed by atoms with Crippen LogP contribution in [0.5, 0.6) is 5.75 Å². The molecule has 1 aromatic carbocycles. The van der Waals surface area contributed by atoms with Crippen molar-refractivity contribution in [1.82, 2.24) is 0 Å². The third-order valence-electron chi connectivity index (χ3n) is 2.17. The van der Waals surface area contributed by atoms with E-state index >= 15 is 0 Å². The summed E-state index contributed by atoms with van der Waals surface area (Å²) in [5, 5.41) is 29.7. The van der Waals surface area contributed by atoms with E-state index in [0.717, 1.165) is 23.9 Å². The topological polar surface area (TPSA) is 144 Å². The van der Waals surface area contributed by atoms with Crippen LogP contribution in [0.25, 0.3) is 0 Å². The zero-order valence-electron chi connectivity index (χ0n) is 10.1. The third-order valence-corrected chi connectivity index (χ3v) is 2.17. The van der Waals surface area contributed by atoms with Crippen molar-refractivity contribution in [1.29, 1.82) is 0 Å². The predicted molar refractivity (Wildman–Crippen MR) is 66.9 cm³/mol. The van der Waals surface area contributed by atoms with Gasteiger partial charge in [-0.2, -0.15) is 0 Å². The fourth-order valence-electron chi connectivity index (χ4n) is 1.24. The van der Waals surface area contributed by atoms with Gasteiger partial charge in [-0.3, -0.25) is 10.1 Å². The summed E-state index contributed by atoms with van der Waals surface area (Å²) in [6, 6.07) is 6.76. The Morgan fingerprint density at radius 2 is 1.85 bits per heavy atom. The number of H-pyrrole nitrogens is 1. The van der Waals surface area contributed by atoms with Gasteiger partial charge in [0, 0.05) is 23.9 Å². The molecule has 0 aliphatic carbocycles. The first-order valence-electron chi connectivity index (χ1n) is 5.32. The second kappa shape index (κ2) is 6.69. The molecule has 20 heavy (non-hydrogen) atoms. The maximum atomic E-state index is 11.0. The quantitative estimate of drug-likeness (QED) is 0.602. The Morgan fingerprint density at radius 1 is 1.25 bits per heavy atom. The summed E-state index contributed by atoms with van der Waals surface area (Å²) < 4.78 is 0. The second-order valence-electron chi connectivity index (χ2n) is 3.55. The molecular formula is C12H11N3O5. The number of aromatic carboxylic acids is 1. The van der Waals surface area contributed by atoms with Gasteiger partial charge in [0.25, 0.3) is 5.69 Å². The van der Waals surface area contributed by atoms with Crippen LogP contribution in [-0.4, -0.2) is 16.0 Å². The number of nitrogens with zero attached hydrogens (tertiary/aromatic N) is 1. The molecule has 0 amide bonds. The van der Waals surface area contributed by atoms with Crippen molar-refractivity contribution in [3.05, 3.63) is 58.4 Å². The summed E-state index contributed by atoms with van der Waals surface area (Å²) in [5.41, 5.74) is 4.82. The first kappa shape index (κ1) is 14.9. The molecule has 0 fully saturated rings. The van der Waals surface area contributed by atoms with E-state index in [0.29, 0.717) is 0 Å². The molecule has 0 aliphatic rings. The van der Waals surface area contributed by atoms with Crippen LogP contribution in [0.4, 0.5) is 11.4 Å². The Balaban J connectivity index is 0.000000240. The minimum absolute atomic E-state index is 0.589. The van der Waals surface area contributed by atoms with E-state index in [4.69, 9.17) is 10.8 Å². The summed E-state index contributed by atoms with van der Waals surface area (Å²) in [7, 11) is 0. The number of carbonyl (C=O) groups is 1. The number of carboxylic acid groups (broad SMARTS) is 1. The SMILES string of the molecule is Nc1cc[nH+]cc1.O=C(O)c1cccc([N+](=O)[O-])c1[O-]. The number of nitrogens with one attached hydrogen (secondary N) is 1. The Hall–Kier alpha value is -3.16. The number of hydrogen-bond donors (Lipinski definition) is 2. The van der Waals surface area contributed by atoms with Gasteiger partial charge in [-0.05, 0) is 11.8 Å². The Morgan fingerprint density at radius 3 is 2.25 bits per heavy atom. The number of anilines is 1. The molecule has 1 heterocycles. The van der Waals surface area contributed by atoms with Crippen molar-refractivity contribution in [2.45, 2.75) is 0 Å². The number of aromatic nitrogens is 1. The molecule has 0 saturated heterocycles. The highest BCUT2D eigenvalue weighted by atomic mass is 16.6. The molecule has 0 spiro atoms. The standard InChI is InChI=1S/C7H5NO5.C5H6N2/c9-6-4(7(10)11)2-1-3-5(6)8(12)13;6-5-1-3-7-4-2-5/h1-3,9H,(H,10,11);1-4H,(H2,6,7). The van der Waals surface area contributed by atoms with Gasteiger partial charge in [0.1, 0.15) is 0 Å². The van der Waals surface area contributed by atoms with E-state index in [1.165, 1.54) is 0 Å². The molecule has 104 valence electrons. The van der Waals surface area contributed by atoms with Gasteiger partial charge in [0.2, 0.25) is 0 Å². The summed E-state index contributed by atoms with van der Waals surface area (Å²) in [6.07, 6.45) is 3.57. The van der Waals surface area contributed by atoms with Gasteiger partial charge >= 0.3 is 5.97 Å². The molecule has 0 aliphatic heterocycles. The van der Waals surface area contributed by atoms with Crippen molar-refractivity contribution in [2.24, 2.45) is 0 Å². The molecule has 1 aromatic heterocycles. The summed E-state index contributed by atoms with van der Waals surface area (Å²) in [6.45, 7) is 0. The fraction of sp³-hybridized carbons (Fsp3) is 0. The molecule has 8 heteroatoms. The Kier molecular flexibility index (Phi) is 4.98. The number of nitrogens with two attached hydrogens (primary N) is 1. The average molecular weight is 277 g/mol. The molecule has 0 radical (unpaired) electrons. The molecular weight excluding hydrogens is 266 g/mol. The van der Waals surface area contributed by atoms with Crippen LogP contribution in [0.2, 0.25) is 0 Å². The normalized spacial score (nSPS) is 9.20. The van der Waals surface area contributed by atoms with E-state index in [-0.39, 0.29) is 0 Å². The number of carboxylic acids is 1. The van der Waals surface area contributed by atoms with Crippen LogP contribution in [0.15, 0.2) is 42.7 Å². The smallest absolute Gasteiger partial charge is 0.335 e. The van der Waals surface area contributed by atoms with Gasteiger partial charge in [-0.1, -0.05) is 6.07 Å². The van der Waals surface area contributed by atoms with E-state index in [1.54, 1.807) is 24.5 Å². The zero-order valence-corrected chi connectivity index (χ0v) is 10.1. The second-order valence-corrected chi connectivity index (χ2v) is 3.55. The van der Waals surface area contributed by atoms with Crippen LogP contribution in [0.3, 0.4) is 0 Å². The van der Waals surface area contributed by atoms with Gasteiger partial charge in [-0.25, -0.2) is 9.78 Å². The molecule has 4 N–H and O–H groups in total. The molecule has 0 bridgehead atoms. The monoisotopic (exact) mass is 277 g/mol. The van der Waals surface area contributed by atoms with Crippen LogP contribution in [0.1, 0.15) is 10.4 Å². The van der Waals surface area contributed by atoms with Crippen molar-refractivity contribution in [3.8, 4) is 5.75 Å². The number of nitro benzene ring substituents is 1. The lowest BCUT2D eigenvalue weighted by molar-refractivity contribution is -0.398. The van der Waals surface area contributed by atoms with Crippen molar-refractivity contribution >= 4 is 17.3 Å². The Bertz CT molecular complexity index is 583. The van der Waals surface area contributed by atoms with Gasteiger partial charge in [0.15, 0.2) is 12.4 Å². The van der Waals surface area contributed by atoms with Crippen LogP contribution in [-0.2, 0) is 0 Å². The van der Waals surface area contributed by atoms with Crippen molar-refractivity contribution in [2.75, 3.05) is 5.73 Å². The van der Waals surface area contributed by atoms with E-state index in [2.05, 4.69) is 4.98 Å². The average Bonchev–Trinajstić information content (AvgIpc) is 2.40. The molecule has 0 unspecified atom stereocenters. The van der Waals surface area contributed by atoms with E-state index in [1.807, 2.05) is 0 Å². The van der Waals surface area contributed by atoms with E-state index in [9.17, 15) is 20.0 Å². The van der Waals surface area contributed by atoms with Crippen LogP contribution >= 0.6 is 0 Å². The highest BCUT2D eigenvalue weighted by Crippen LogP contribution is 2.26. The number of rotatable bonds is 2.